The van der Waals surface area contributed by atoms with E-state index in [1.54, 1.807) is 12.1 Å². The summed E-state index contributed by atoms with van der Waals surface area (Å²) >= 11 is 0. The molecule has 100 valence electrons. The van der Waals surface area contributed by atoms with Gasteiger partial charge in [0.05, 0.1) is 11.5 Å². The highest BCUT2D eigenvalue weighted by molar-refractivity contribution is 7.89. The lowest BCUT2D eigenvalue weighted by molar-refractivity contribution is -0.142. The summed E-state index contributed by atoms with van der Waals surface area (Å²) in [5.41, 5.74) is 0.897. The lowest BCUT2D eigenvalue weighted by atomic mass is 10.2. The summed E-state index contributed by atoms with van der Waals surface area (Å²) in [6, 6.07) is 4.55. The van der Waals surface area contributed by atoms with Crippen LogP contribution in [0.1, 0.15) is 5.56 Å². The molecule has 1 rings (SSSR count). The minimum absolute atomic E-state index is 0.00435. The van der Waals surface area contributed by atoms with Crippen LogP contribution in [0.2, 0.25) is 0 Å². The number of hydrogen-bond donors (Lipinski definition) is 2. The molecule has 1 aromatic rings. The van der Waals surface area contributed by atoms with E-state index in [1.807, 2.05) is 6.92 Å². The minimum atomic E-state index is -3.92. The topological polar surface area (TPSA) is 94.9 Å². The number of rotatable bonds is 5. The van der Waals surface area contributed by atoms with Crippen LogP contribution >= 0.6 is 0 Å². The molecule has 1 aromatic carbocycles. The van der Waals surface area contributed by atoms with Gasteiger partial charge in [-0.05, 0) is 19.1 Å². The van der Waals surface area contributed by atoms with Crippen LogP contribution in [0.25, 0.3) is 0 Å². The number of carboxylic acids is 1. The molecule has 0 saturated carbocycles. The second-order valence-electron chi connectivity index (χ2n) is 3.87. The van der Waals surface area contributed by atoms with E-state index in [0.29, 0.717) is 4.31 Å². The van der Waals surface area contributed by atoms with Gasteiger partial charge < -0.3 is 10.2 Å². The number of nitrogens with zero attached hydrogens (tertiary/aromatic N) is 1. The van der Waals surface area contributed by atoms with Gasteiger partial charge >= 0.3 is 5.97 Å². The maximum absolute atomic E-state index is 12.1. The molecule has 0 aliphatic carbocycles. The van der Waals surface area contributed by atoms with E-state index in [2.05, 4.69) is 0 Å². The quantitative estimate of drug-likeness (QED) is 0.791. The molecule has 0 saturated heterocycles. The third kappa shape index (κ3) is 2.87. The molecule has 18 heavy (non-hydrogen) atoms. The van der Waals surface area contributed by atoms with Crippen molar-refractivity contribution in [3.63, 3.8) is 0 Å². The van der Waals surface area contributed by atoms with Gasteiger partial charge in [0.2, 0.25) is 10.0 Å². The zero-order chi connectivity index (χ0) is 13.9. The number of carbonyl (C=O) groups is 1. The Hall–Kier alpha value is -1.44. The molecule has 0 fully saturated rings. The molecular weight excluding hydrogens is 258 g/mol. The molecule has 6 nitrogen and oxygen atoms in total. The summed E-state index contributed by atoms with van der Waals surface area (Å²) in [5.74, 6) is -1.39. The molecule has 0 heterocycles. The van der Waals surface area contributed by atoms with Crippen LogP contribution < -0.4 is 0 Å². The molecular formula is C11H15NO5S. The molecule has 0 aliphatic heterocycles. The van der Waals surface area contributed by atoms with Crippen LogP contribution in [0, 0.1) is 6.92 Å². The fraction of sp³-hybridized carbons (Fsp3) is 0.364. The maximum atomic E-state index is 12.1. The Bertz CT molecular complexity index is 523. The average Bonchev–Trinajstić information content (AvgIpc) is 2.29. The highest BCUT2D eigenvalue weighted by Gasteiger charge is 2.32. The summed E-state index contributed by atoms with van der Waals surface area (Å²) in [4.78, 5) is 10.8. The molecule has 0 bridgehead atoms. The standard InChI is InChI=1S/C11H15NO5S/c1-8-3-5-9(6-4-8)18(16,17)12(2)10(7-13)11(14)15/h3-6,10,13H,7H2,1-2H3,(H,14,15)/t10-/m0/s1. The Morgan fingerprint density at radius 3 is 2.22 bits per heavy atom. The molecule has 0 aromatic heterocycles. The van der Waals surface area contributed by atoms with E-state index in [1.165, 1.54) is 12.1 Å². The zero-order valence-corrected chi connectivity index (χ0v) is 10.9. The fourth-order valence-electron chi connectivity index (χ4n) is 1.39. The van der Waals surface area contributed by atoms with Gasteiger partial charge in [0.25, 0.3) is 0 Å². The van der Waals surface area contributed by atoms with Crippen LogP contribution in [-0.4, -0.2) is 48.6 Å². The molecule has 0 unspecified atom stereocenters. The fourth-order valence-corrected chi connectivity index (χ4v) is 2.70. The van der Waals surface area contributed by atoms with Gasteiger partial charge in [-0.15, -0.1) is 0 Å². The Morgan fingerprint density at radius 2 is 1.83 bits per heavy atom. The zero-order valence-electron chi connectivity index (χ0n) is 10.1. The summed E-state index contributed by atoms with van der Waals surface area (Å²) in [7, 11) is -2.79. The van der Waals surface area contributed by atoms with Crippen molar-refractivity contribution in [2.45, 2.75) is 17.9 Å². The number of aliphatic carboxylic acids is 1. The van der Waals surface area contributed by atoms with Gasteiger partial charge in [0.1, 0.15) is 6.04 Å². The summed E-state index contributed by atoms with van der Waals surface area (Å²) < 4.78 is 24.9. The lowest BCUT2D eigenvalue weighted by Gasteiger charge is -2.22. The van der Waals surface area contributed by atoms with Gasteiger partial charge in [-0.25, -0.2) is 8.42 Å². The first-order valence-corrected chi connectivity index (χ1v) is 6.63. The SMILES string of the molecule is Cc1ccc(S(=O)(=O)N(C)[C@@H](CO)C(=O)O)cc1. The first-order chi connectivity index (χ1) is 8.30. The van der Waals surface area contributed by atoms with Crippen LogP contribution in [0.15, 0.2) is 29.2 Å². The number of carboxylic acid groups (broad SMARTS) is 1. The number of benzene rings is 1. The van der Waals surface area contributed by atoms with E-state index in [4.69, 9.17) is 10.2 Å². The third-order valence-electron chi connectivity index (χ3n) is 2.59. The Kier molecular flexibility index (Phi) is 4.44. The molecule has 2 N–H and O–H groups in total. The van der Waals surface area contributed by atoms with Crippen LogP contribution in [0.3, 0.4) is 0 Å². The van der Waals surface area contributed by atoms with Gasteiger partial charge in [0, 0.05) is 7.05 Å². The number of aliphatic hydroxyl groups excluding tert-OH is 1. The Balaban J connectivity index is 3.13. The van der Waals surface area contributed by atoms with Crippen LogP contribution in [-0.2, 0) is 14.8 Å². The summed E-state index contributed by atoms with van der Waals surface area (Å²) in [5, 5.41) is 17.8. The van der Waals surface area contributed by atoms with Crippen molar-refractivity contribution in [2.24, 2.45) is 0 Å². The van der Waals surface area contributed by atoms with E-state index in [0.717, 1.165) is 12.6 Å². The first-order valence-electron chi connectivity index (χ1n) is 5.19. The molecule has 0 spiro atoms. The number of aliphatic hydroxyl groups is 1. The first kappa shape index (κ1) is 14.6. The number of aryl methyl sites for hydroxylation is 1. The van der Waals surface area contributed by atoms with E-state index in [9.17, 15) is 13.2 Å². The molecule has 0 radical (unpaired) electrons. The van der Waals surface area contributed by atoms with Crippen molar-refractivity contribution in [2.75, 3.05) is 13.7 Å². The maximum Gasteiger partial charge on any atom is 0.324 e. The molecule has 7 heteroatoms. The largest absolute Gasteiger partial charge is 0.480 e. The van der Waals surface area contributed by atoms with Crippen molar-refractivity contribution in [3.05, 3.63) is 29.8 Å². The predicted molar refractivity (Wildman–Crippen MR) is 64.6 cm³/mol. The van der Waals surface area contributed by atoms with Crippen LogP contribution in [0.4, 0.5) is 0 Å². The van der Waals surface area contributed by atoms with Crippen LogP contribution in [0.5, 0.6) is 0 Å². The van der Waals surface area contributed by atoms with Crippen molar-refractivity contribution < 1.29 is 23.4 Å². The van der Waals surface area contributed by atoms with E-state index >= 15 is 0 Å². The van der Waals surface area contributed by atoms with Crippen molar-refractivity contribution in [1.29, 1.82) is 0 Å². The Labute approximate surface area is 106 Å². The monoisotopic (exact) mass is 273 g/mol. The second-order valence-corrected chi connectivity index (χ2v) is 5.87. The van der Waals surface area contributed by atoms with Crippen molar-refractivity contribution in [3.8, 4) is 0 Å². The normalized spacial score (nSPS) is 13.6. The third-order valence-corrected chi connectivity index (χ3v) is 4.48. The van der Waals surface area contributed by atoms with Gasteiger partial charge in [-0.1, -0.05) is 17.7 Å². The summed E-state index contributed by atoms with van der Waals surface area (Å²) in [6.07, 6.45) is 0. The summed E-state index contributed by atoms with van der Waals surface area (Å²) in [6.45, 7) is 1.03. The van der Waals surface area contributed by atoms with E-state index in [-0.39, 0.29) is 4.90 Å². The highest BCUT2D eigenvalue weighted by Crippen LogP contribution is 2.17. The predicted octanol–water partition coefficient (Wildman–Crippen LogP) is 0.0610. The molecule has 1 atom stereocenters. The highest BCUT2D eigenvalue weighted by atomic mass is 32.2. The number of likely N-dealkylation sites (N-methyl/N-ethyl adjacent to an activating group) is 1. The Morgan fingerprint density at radius 1 is 1.33 bits per heavy atom. The number of sulfonamides is 1. The van der Waals surface area contributed by atoms with Gasteiger partial charge in [0.15, 0.2) is 0 Å². The smallest absolute Gasteiger partial charge is 0.324 e. The minimum Gasteiger partial charge on any atom is -0.480 e. The average molecular weight is 273 g/mol. The van der Waals surface area contributed by atoms with Gasteiger partial charge in [-0.3, -0.25) is 4.79 Å². The second kappa shape index (κ2) is 5.47. The number of hydrogen-bond acceptors (Lipinski definition) is 4. The van der Waals surface area contributed by atoms with Crippen molar-refractivity contribution >= 4 is 16.0 Å². The molecule has 0 amide bonds. The molecule has 0 aliphatic rings. The van der Waals surface area contributed by atoms with Crippen molar-refractivity contribution in [1.82, 2.24) is 4.31 Å². The lowest BCUT2D eigenvalue weighted by Crippen LogP contribution is -2.44. The van der Waals surface area contributed by atoms with Gasteiger partial charge in [-0.2, -0.15) is 4.31 Å². The van der Waals surface area contributed by atoms with E-state index < -0.39 is 28.6 Å².